The lowest BCUT2D eigenvalue weighted by molar-refractivity contribution is 0.0954. The van der Waals surface area contributed by atoms with Crippen LogP contribution in [0.15, 0.2) is 36.5 Å². The number of methoxy groups -OCH3 is 1. The van der Waals surface area contributed by atoms with E-state index in [2.05, 4.69) is 10.3 Å². The number of carbonyl (C=O) groups is 1. The predicted octanol–water partition coefficient (Wildman–Crippen LogP) is 1.78. The number of ether oxygens (including phenoxy) is 1. The SMILES string of the molecule is COc1cccc(CCNC(=O)c2cc(F)cnc2N)c1. The minimum atomic E-state index is -0.595. The van der Waals surface area contributed by atoms with Gasteiger partial charge in [0, 0.05) is 6.54 Å². The van der Waals surface area contributed by atoms with Crippen molar-refractivity contribution in [3.8, 4) is 5.75 Å². The monoisotopic (exact) mass is 289 g/mol. The van der Waals surface area contributed by atoms with E-state index < -0.39 is 11.7 Å². The highest BCUT2D eigenvalue weighted by atomic mass is 19.1. The van der Waals surface area contributed by atoms with E-state index in [1.807, 2.05) is 24.3 Å². The molecule has 0 aliphatic rings. The third-order valence-corrected chi connectivity index (χ3v) is 2.96. The molecule has 0 spiro atoms. The Morgan fingerprint density at radius 1 is 1.43 bits per heavy atom. The smallest absolute Gasteiger partial charge is 0.255 e. The van der Waals surface area contributed by atoms with Gasteiger partial charge in [0.1, 0.15) is 17.4 Å². The lowest BCUT2D eigenvalue weighted by Gasteiger charge is -2.08. The Hall–Kier alpha value is -2.63. The summed E-state index contributed by atoms with van der Waals surface area (Å²) in [6.07, 6.45) is 1.61. The van der Waals surface area contributed by atoms with E-state index in [1.165, 1.54) is 0 Å². The molecule has 0 fully saturated rings. The molecule has 0 bridgehead atoms. The molecule has 1 amide bonds. The molecule has 21 heavy (non-hydrogen) atoms. The number of rotatable bonds is 5. The molecule has 5 nitrogen and oxygen atoms in total. The normalized spacial score (nSPS) is 10.2. The molecule has 0 radical (unpaired) electrons. The number of pyridine rings is 1. The van der Waals surface area contributed by atoms with Gasteiger partial charge in [0.25, 0.3) is 5.91 Å². The molecule has 0 atom stereocenters. The van der Waals surface area contributed by atoms with Crippen molar-refractivity contribution in [2.45, 2.75) is 6.42 Å². The summed E-state index contributed by atoms with van der Waals surface area (Å²) >= 11 is 0. The van der Waals surface area contributed by atoms with Gasteiger partial charge in [-0.25, -0.2) is 9.37 Å². The van der Waals surface area contributed by atoms with Gasteiger partial charge in [-0.05, 0) is 30.2 Å². The van der Waals surface area contributed by atoms with E-state index >= 15 is 0 Å². The van der Waals surface area contributed by atoms with Crippen molar-refractivity contribution in [1.82, 2.24) is 10.3 Å². The number of nitrogens with zero attached hydrogens (tertiary/aromatic N) is 1. The second-order valence-electron chi connectivity index (χ2n) is 4.44. The Balaban J connectivity index is 1.93. The topological polar surface area (TPSA) is 77.2 Å². The second-order valence-corrected chi connectivity index (χ2v) is 4.44. The molecule has 3 N–H and O–H groups in total. The number of benzene rings is 1. The molecule has 0 aliphatic carbocycles. The molecular formula is C15H16FN3O2. The molecule has 0 saturated heterocycles. The van der Waals surface area contributed by atoms with Crippen LogP contribution < -0.4 is 15.8 Å². The minimum absolute atomic E-state index is 0.00952. The maximum absolute atomic E-state index is 13.1. The number of hydrogen-bond acceptors (Lipinski definition) is 4. The van der Waals surface area contributed by atoms with Crippen LogP contribution in [0, 0.1) is 5.82 Å². The summed E-state index contributed by atoms with van der Waals surface area (Å²) in [6, 6.07) is 8.63. The Bertz CT molecular complexity index is 647. The first-order valence-corrected chi connectivity index (χ1v) is 6.42. The highest BCUT2D eigenvalue weighted by Gasteiger charge is 2.11. The fourth-order valence-electron chi connectivity index (χ4n) is 1.88. The first-order valence-electron chi connectivity index (χ1n) is 6.42. The van der Waals surface area contributed by atoms with E-state index in [0.29, 0.717) is 13.0 Å². The average Bonchev–Trinajstić information content (AvgIpc) is 2.49. The zero-order valence-corrected chi connectivity index (χ0v) is 11.6. The predicted molar refractivity (Wildman–Crippen MR) is 77.6 cm³/mol. The van der Waals surface area contributed by atoms with Crippen LogP contribution in [0.3, 0.4) is 0 Å². The number of anilines is 1. The summed E-state index contributed by atoms with van der Waals surface area (Å²) in [7, 11) is 1.60. The number of aromatic nitrogens is 1. The van der Waals surface area contributed by atoms with Gasteiger partial charge in [-0.15, -0.1) is 0 Å². The fraction of sp³-hybridized carbons (Fsp3) is 0.200. The molecule has 0 saturated carbocycles. The van der Waals surface area contributed by atoms with Gasteiger partial charge < -0.3 is 15.8 Å². The van der Waals surface area contributed by atoms with Crippen molar-refractivity contribution in [1.29, 1.82) is 0 Å². The molecule has 110 valence electrons. The lowest BCUT2D eigenvalue weighted by Crippen LogP contribution is -2.27. The second kappa shape index (κ2) is 6.69. The molecule has 1 heterocycles. The lowest BCUT2D eigenvalue weighted by atomic mass is 10.1. The van der Waals surface area contributed by atoms with Crippen molar-refractivity contribution in [2.24, 2.45) is 0 Å². The first kappa shape index (κ1) is 14.8. The number of nitrogen functional groups attached to an aromatic ring is 1. The Morgan fingerprint density at radius 2 is 2.24 bits per heavy atom. The summed E-state index contributed by atoms with van der Waals surface area (Å²) in [6.45, 7) is 0.405. The van der Waals surface area contributed by atoms with Gasteiger partial charge in [0.15, 0.2) is 0 Å². The number of nitrogens with one attached hydrogen (secondary N) is 1. The van der Waals surface area contributed by atoms with Crippen molar-refractivity contribution in [3.63, 3.8) is 0 Å². The molecular weight excluding hydrogens is 273 g/mol. The van der Waals surface area contributed by atoms with Gasteiger partial charge >= 0.3 is 0 Å². The highest BCUT2D eigenvalue weighted by molar-refractivity contribution is 5.98. The van der Waals surface area contributed by atoms with E-state index in [9.17, 15) is 9.18 Å². The highest BCUT2D eigenvalue weighted by Crippen LogP contribution is 2.13. The van der Waals surface area contributed by atoms with Gasteiger partial charge in [-0.1, -0.05) is 12.1 Å². The quantitative estimate of drug-likeness (QED) is 0.879. The summed E-state index contributed by atoms with van der Waals surface area (Å²) in [5, 5.41) is 2.69. The summed E-state index contributed by atoms with van der Waals surface area (Å²) in [5.41, 5.74) is 6.63. The Morgan fingerprint density at radius 3 is 3.00 bits per heavy atom. The van der Waals surface area contributed by atoms with Crippen LogP contribution in [0.25, 0.3) is 0 Å². The summed E-state index contributed by atoms with van der Waals surface area (Å²) in [5.74, 6) is -0.266. The molecule has 2 rings (SSSR count). The maximum atomic E-state index is 13.1. The van der Waals surface area contributed by atoms with Gasteiger partial charge in [-0.2, -0.15) is 0 Å². The van der Waals surface area contributed by atoms with Crippen LogP contribution >= 0.6 is 0 Å². The molecule has 1 aromatic heterocycles. The molecule has 1 aromatic carbocycles. The van der Waals surface area contributed by atoms with Crippen molar-refractivity contribution < 1.29 is 13.9 Å². The molecule has 2 aromatic rings. The maximum Gasteiger partial charge on any atom is 0.255 e. The molecule has 0 unspecified atom stereocenters. The first-order chi connectivity index (χ1) is 10.1. The van der Waals surface area contributed by atoms with Gasteiger partial charge in [0.05, 0.1) is 18.9 Å². The standard InChI is InChI=1S/C15H16FN3O2/c1-21-12-4-2-3-10(7-12)5-6-18-15(20)13-8-11(16)9-19-14(13)17/h2-4,7-9H,5-6H2,1H3,(H2,17,19)(H,18,20). The van der Waals surface area contributed by atoms with Crippen molar-refractivity contribution in [3.05, 3.63) is 53.5 Å². The average molecular weight is 289 g/mol. The molecule has 6 heteroatoms. The van der Waals surface area contributed by atoms with Crippen LogP contribution in [0.2, 0.25) is 0 Å². The molecule has 0 aliphatic heterocycles. The van der Waals surface area contributed by atoms with Crippen LogP contribution in [-0.4, -0.2) is 24.5 Å². The fourth-order valence-corrected chi connectivity index (χ4v) is 1.88. The van der Waals surface area contributed by atoms with Crippen LogP contribution in [0.5, 0.6) is 5.75 Å². The number of carbonyl (C=O) groups excluding carboxylic acids is 1. The van der Waals surface area contributed by atoms with Crippen LogP contribution in [-0.2, 0) is 6.42 Å². The summed E-state index contributed by atoms with van der Waals surface area (Å²) < 4.78 is 18.2. The zero-order valence-electron chi connectivity index (χ0n) is 11.6. The minimum Gasteiger partial charge on any atom is -0.497 e. The Labute approximate surface area is 121 Å². The van der Waals surface area contributed by atoms with E-state index in [1.54, 1.807) is 7.11 Å². The van der Waals surface area contributed by atoms with Crippen LogP contribution in [0.1, 0.15) is 15.9 Å². The van der Waals surface area contributed by atoms with Gasteiger partial charge in [-0.3, -0.25) is 4.79 Å². The number of nitrogens with two attached hydrogens (primary N) is 1. The third kappa shape index (κ3) is 3.92. The van der Waals surface area contributed by atoms with Crippen molar-refractivity contribution in [2.75, 3.05) is 19.4 Å². The van der Waals surface area contributed by atoms with Crippen LogP contribution in [0.4, 0.5) is 10.2 Å². The zero-order chi connectivity index (χ0) is 15.2. The van der Waals surface area contributed by atoms with Gasteiger partial charge in [0.2, 0.25) is 0 Å². The van der Waals surface area contributed by atoms with E-state index in [0.717, 1.165) is 23.6 Å². The number of halogens is 1. The van der Waals surface area contributed by atoms with Crippen molar-refractivity contribution >= 4 is 11.7 Å². The number of hydrogen-bond donors (Lipinski definition) is 2. The Kier molecular flexibility index (Phi) is 4.71. The number of amides is 1. The van der Waals surface area contributed by atoms with E-state index in [4.69, 9.17) is 10.5 Å². The largest absolute Gasteiger partial charge is 0.497 e. The third-order valence-electron chi connectivity index (χ3n) is 2.96. The summed E-state index contributed by atoms with van der Waals surface area (Å²) in [4.78, 5) is 15.5. The van der Waals surface area contributed by atoms with E-state index in [-0.39, 0.29) is 11.4 Å².